The largest absolute Gasteiger partial charge is 0.344 e. The van der Waals surface area contributed by atoms with E-state index in [1.54, 1.807) is 0 Å². The van der Waals surface area contributed by atoms with Crippen LogP contribution in [0.5, 0.6) is 0 Å². The summed E-state index contributed by atoms with van der Waals surface area (Å²) in [4.78, 5) is 16.1. The maximum absolute atomic E-state index is 4.68. The molecule has 2 aromatic heterocycles. The minimum absolute atomic E-state index is 0.543. The van der Waals surface area contributed by atoms with Crippen LogP contribution in [0.15, 0.2) is 30.3 Å². The van der Waals surface area contributed by atoms with Gasteiger partial charge < -0.3 is 9.97 Å². The summed E-state index contributed by atoms with van der Waals surface area (Å²) in [5, 5.41) is 0. The number of H-pyrrole nitrogens is 2. The average molecular weight is 310 g/mol. The van der Waals surface area contributed by atoms with Gasteiger partial charge in [-0.1, -0.05) is 25.1 Å². The molecule has 5 heteroatoms. The zero-order valence-corrected chi connectivity index (χ0v) is 13.3. The molecule has 4 rings (SSSR count). The number of thioether (sulfide) groups is 1. The number of aromatic amines is 2. The summed E-state index contributed by atoms with van der Waals surface area (Å²) in [5.41, 5.74) is 4.52. The summed E-state index contributed by atoms with van der Waals surface area (Å²) in [6.45, 7) is 2.24. The van der Waals surface area contributed by atoms with Crippen LogP contribution in [-0.4, -0.2) is 19.9 Å². The lowest BCUT2D eigenvalue weighted by Crippen LogP contribution is -1.98. The van der Waals surface area contributed by atoms with Gasteiger partial charge in [-0.3, -0.25) is 0 Å². The van der Waals surface area contributed by atoms with E-state index >= 15 is 0 Å². The van der Waals surface area contributed by atoms with Crippen LogP contribution < -0.4 is 0 Å². The highest BCUT2D eigenvalue weighted by Crippen LogP contribution is 2.28. The Morgan fingerprint density at radius 2 is 1.95 bits per heavy atom. The van der Waals surface area contributed by atoms with Crippen LogP contribution >= 0.6 is 11.8 Å². The molecule has 0 spiro atoms. The number of nitrogens with one attached hydrogen (secondary N) is 2. The Kier molecular flexibility index (Phi) is 3.50. The van der Waals surface area contributed by atoms with Crippen molar-refractivity contribution in [2.24, 2.45) is 0 Å². The molecular formula is C17H18N4S. The van der Waals surface area contributed by atoms with Gasteiger partial charge in [0, 0.05) is 11.6 Å². The number of para-hydroxylation sites is 2. The lowest BCUT2D eigenvalue weighted by Gasteiger charge is -2.11. The lowest BCUT2D eigenvalue weighted by molar-refractivity contribution is 0.744. The van der Waals surface area contributed by atoms with Gasteiger partial charge in [0.05, 0.1) is 28.2 Å². The van der Waals surface area contributed by atoms with Crippen LogP contribution in [0.2, 0.25) is 0 Å². The number of imidazole rings is 2. The van der Waals surface area contributed by atoms with Crippen LogP contribution in [0.3, 0.4) is 0 Å². The zero-order valence-electron chi connectivity index (χ0n) is 12.5. The molecule has 2 N–H and O–H groups in total. The van der Waals surface area contributed by atoms with Crippen molar-refractivity contribution in [1.29, 1.82) is 0 Å². The summed E-state index contributed by atoms with van der Waals surface area (Å²) in [5.74, 6) is 4.37. The standard InChI is InChI=1S/C17H18N4S/c1-11-5-4-8-14-17(11)21-16(20-14)10-22-9-15-18-12-6-2-3-7-13(12)19-15/h2-4,6-8,11H,5,9-10H2,1H3,(H,18,19)(H,20,21). The Labute approximate surface area is 133 Å². The molecule has 1 aromatic carbocycles. The second kappa shape index (κ2) is 5.65. The monoisotopic (exact) mass is 310 g/mol. The number of allylic oxidation sites excluding steroid dienone is 1. The van der Waals surface area contributed by atoms with Crippen LogP contribution in [-0.2, 0) is 11.5 Å². The summed E-state index contributed by atoms with van der Waals surface area (Å²) in [6, 6.07) is 8.14. The third-order valence-corrected chi connectivity index (χ3v) is 4.94. The maximum Gasteiger partial charge on any atom is 0.117 e. The number of fused-ring (bicyclic) bond motifs is 2. The lowest BCUT2D eigenvalue weighted by atomic mass is 9.97. The molecule has 1 aliphatic rings. The van der Waals surface area contributed by atoms with E-state index < -0.39 is 0 Å². The Morgan fingerprint density at radius 3 is 2.77 bits per heavy atom. The predicted octanol–water partition coefficient (Wildman–Crippen LogP) is 4.24. The average Bonchev–Trinajstić information content (AvgIpc) is 3.11. The molecule has 3 aromatic rings. The molecule has 2 heterocycles. The Morgan fingerprint density at radius 1 is 1.14 bits per heavy atom. The molecule has 1 unspecified atom stereocenters. The smallest absolute Gasteiger partial charge is 0.117 e. The van der Waals surface area contributed by atoms with Gasteiger partial charge >= 0.3 is 0 Å². The third kappa shape index (κ3) is 2.57. The van der Waals surface area contributed by atoms with E-state index in [1.807, 2.05) is 30.0 Å². The van der Waals surface area contributed by atoms with Crippen molar-refractivity contribution in [2.45, 2.75) is 30.8 Å². The molecule has 0 radical (unpaired) electrons. The van der Waals surface area contributed by atoms with Crippen molar-refractivity contribution in [3.63, 3.8) is 0 Å². The van der Waals surface area contributed by atoms with Crippen molar-refractivity contribution in [3.05, 3.63) is 53.4 Å². The van der Waals surface area contributed by atoms with Crippen molar-refractivity contribution in [1.82, 2.24) is 19.9 Å². The van der Waals surface area contributed by atoms with Gasteiger partial charge in [0.15, 0.2) is 0 Å². The van der Waals surface area contributed by atoms with E-state index in [1.165, 1.54) is 5.69 Å². The SMILES string of the molecule is CC1CC=Cc2nc(CSCc3nc4ccccc4[nH]3)[nH]c21. The van der Waals surface area contributed by atoms with Crippen LogP contribution in [0, 0.1) is 0 Å². The molecule has 1 atom stereocenters. The van der Waals surface area contributed by atoms with Gasteiger partial charge in [0.2, 0.25) is 0 Å². The third-order valence-electron chi connectivity index (χ3n) is 3.98. The molecule has 0 saturated carbocycles. The number of benzene rings is 1. The van der Waals surface area contributed by atoms with Gasteiger partial charge in [-0.25, -0.2) is 9.97 Å². The molecular weight excluding hydrogens is 292 g/mol. The van der Waals surface area contributed by atoms with E-state index in [2.05, 4.69) is 45.1 Å². The quantitative estimate of drug-likeness (QED) is 0.758. The predicted molar refractivity (Wildman–Crippen MR) is 91.7 cm³/mol. The van der Waals surface area contributed by atoms with E-state index in [4.69, 9.17) is 0 Å². The molecule has 0 amide bonds. The number of rotatable bonds is 4. The van der Waals surface area contributed by atoms with Gasteiger partial charge in [-0.05, 0) is 24.6 Å². The first-order chi connectivity index (χ1) is 10.8. The van der Waals surface area contributed by atoms with E-state index in [0.29, 0.717) is 5.92 Å². The molecule has 0 bridgehead atoms. The fourth-order valence-corrected chi connectivity index (χ4v) is 3.61. The number of hydrogen-bond donors (Lipinski definition) is 2. The Balaban J connectivity index is 1.42. The number of nitrogens with zero attached hydrogens (tertiary/aromatic N) is 2. The zero-order chi connectivity index (χ0) is 14.9. The first kappa shape index (κ1) is 13.6. The fourth-order valence-electron chi connectivity index (χ4n) is 2.84. The van der Waals surface area contributed by atoms with Crippen molar-refractivity contribution in [3.8, 4) is 0 Å². The van der Waals surface area contributed by atoms with Gasteiger partial charge in [0.25, 0.3) is 0 Å². The second-order valence-electron chi connectivity index (χ2n) is 5.71. The van der Waals surface area contributed by atoms with Gasteiger partial charge in [-0.2, -0.15) is 0 Å². The highest BCUT2D eigenvalue weighted by atomic mass is 32.2. The van der Waals surface area contributed by atoms with Crippen LogP contribution in [0.1, 0.15) is 42.3 Å². The fraction of sp³-hybridized carbons (Fsp3) is 0.294. The Hall–Kier alpha value is -2.01. The highest BCUT2D eigenvalue weighted by molar-refractivity contribution is 7.97. The topological polar surface area (TPSA) is 57.4 Å². The van der Waals surface area contributed by atoms with Gasteiger partial charge in [0.1, 0.15) is 11.6 Å². The summed E-state index contributed by atoms with van der Waals surface area (Å²) in [6.07, 6.45) is 5.43. The second-order valence-corrected chi connectivity index (χ2v) is 6.70. The molecule has 4 nitrogen and oxygen atoms in total. The maximum atomic E-state index is 4.68. The van der Waals surface area contributed by atoms with Crippen molar-refractivity contribution >= 4 is 28.9 Å². The summed E-state index contributed by atoms with van der Waals surface area (Å²) < 4.78 is 0. The van der Waals surface area contributed by atoms with Crippen LogP contribution in [0.4, 0.5) is 0 Å². The normalized spacial score (nSPS) is 17.0. The number of hydrogen-bond acceptors (Lipinski definition) is 3. The molecule has 0 fully saturated rings. The highest BCUT2D eigenvalue weighted by Gasteiger charge is 2.17. The number of aromatic nitrogens is 4. The van der Waals surface area contributed by atoms with Gasteiger partial charge in [-0.15, -0.1) is 11.8 Å². The minimum atomic E-state index is 0.543. The molecule has 22 heavy (non-hydrogen) atoms. The molecule has 0 saturated heterocycles. The van der Waals surface area contributed by atoms with Crippen molar-refractivity contribution < 1.29 is 0 Å². The van der Waals surface area contributed by atoms with Crippen LogP contribution in [0.25, 0.3) is 17.1 Å². The first-order valence-electron chi connectivity index (χ1n) is 7.56. The molecule has 1 aliphatic carbocycles. The van der Waals surface area contributed by atoms with E-state index in [9.17, 15) is 0 Å². The van der Waals surface area contributed by atoms with E-state index in [-0.39, 0.29) is 0 Å². The molecule has 0 aliphatic heterocycles. The molecule has 112 valence electrons. The van der Waals surface area contributed by atoms with E-state index in [0.717, 1.165) is 46.3 Å². The summed E-state index contributed by atoms with van der Waals surface area (Å²) in [7, 11) is 0. The first-order valence-corrected chi connectivity index (χ1v) is 8.72. The van der Waals surface area contributed by atoms with Crippen molar-refractivity contribution in [2.75, 3.05) is 0 Å². The summed E-state index contributed by atoms with van der Waals surface area (Å²) >= 11 is 1.83. The Bertz CT molecular complexity index is 797. The minimum Gasteiger partial charge on any atom is -0.344 e.